The summed E-state index contributed by atoms with van der Waals surface area (Å²) in [6, 6.07) is 5.02. The Morgan fingerprint density at radius 2 is 1.79 bits per heavy atom. The molecular formula is C28H41FN6O4. The lowest BCUT2D eigenvalue weighted by Gasteiger charge is -2.37. The van der Waals surface area contributed by atoms with Crippen molar-refractivity contribution in [3.63, 3.8) is 0 Å². The van der Waals surface area contributed by atoms with Crippen molar-refractivity contribution in [3.05, 3.63) is 29.6 Å². The van der Waals surface area contributed by atoms with Gasteiger partial charge in [0.05, 0.1) is 17.4 Å². The van der Waals surface area contributed by atoms with E-state index in [0.717, 1.165) is 45.6 Å². The van der Waals surface area contributed by atoms with Crippen LogP contribution < -0.4 is 15.5 Å². The number of nitrogens with zero attached hydrogens (tertiary/aromatic N) is 3. The number of hydrogen-bond donors (Lipinski definition) is 3. The molecule has 0 bridgehead atoms. The molecule has 0 aromatic heterocycles. The number of alkyl carbamates (subject to hydrolysis) is 1. The van der Waals surface area contributed by atoms with Crippen LogP contribution >= 0.6 is 0 Å². The van der Waals surface area contributed by atoms with Crippen LogP contribution in [0.2, 0.25) is 0 Å². The molecule has 4 rings (SSSR count). The summed E-state index contributed by atoms with van der Waals surface area (Å²) in [7, 11) is 0. The second-order valence-electron chi connectivity index (χ2n) is 11.6. The van der Waals surface area contributed by atoms with Gasteiger partial charge in [-0.15, -0.1) is 0 Å². The highest BCUT2D eigenvalue weighted by molar-refractivity contribution is 6.00. The van der Waals surface area contributed by atoms with E-state index in [2.05, 4.69) is 20.4 Å². The van der Waals surface area contributed by atoms with Crippen molar-refractivity contribution in [3.8, 4) is 0 Å². The number of benzene rings is 1. The topological polar surface area (TPSA) is 118 Å². The van der Waals surface area contributed by atoms with Crippen LogP contribution in [-0.4, -0.2) is 91.0 Å². The van der Waals surface area contributed by atoms with E-state index in [9.17, 15) is 14.4 Å². The number of rotatable bonds is 6. The highest BCUT2D eigenvalue weighted by Gasteiger charge is 2.29. The number of piperazine rings is 1. The van der Waals surface area contributed by atoms with E-state index in [-0.39, 0.29) is 36.2 Å². The average molecular weight is 545 g/mol. The Kier molecular flexibility index (Phi) is 9.09. The lowest BCUT2D eigenvalue weighted by atomic mass is 9.90. The lowest BCUT2D eigenvalue weighted by molar-refractivity contribution is -0.134. The minimum absolute atomic E-state index is 0.0652. The molecule has 3 N–H and O–H groups in total. The molecule has 3 aliphatic rings. The van der Waals surface area contributed by atoms with Crippen LogP contribution in [0.5, 0.6) is 0 Å². The zero-order chi connectivity index (χ0) is 28.2. The third kappa shape index (κ3) is 7.90. The number of halogens is 1. The van der Waals surface area contributed by atoms with Crippen LogP contribution in [0.3, 0.4) is 0 Å². The quantitative estimate of drug-likeness (QED) is 0.286. The number of amidine groups is 1. The molecule has 3 fully saturated rings. The Morgan fingerprint density at radius 3 is 2.41 bits per heavy atom. The predicted molar refractivity (Wildman–Crippen MR) is 146 cm³/mol. The summed E-state index contributed by atoms with van der Waals surface area (Å²) in [6.45, 7) is 10.7. The van der Waals surface area contributed by atoms with E-state index in [1.54, 1.807) is 12.1 Å². The van der Waals surface area contributed by atoms with Crippen molar-refractivity contribution >= 4 is 29.4 Å². The minimum Gasteiger partial charge on any atom is -0.444 e. The number of hydrogen-bond acceptors (Lipinski definition) is 7. The molecule has 3 aliphatic heterocycles. The van der Waals surface area contributed by atoms with Crippen molar-refractivity contribution in [2.24, 2.45) is 0 Å². The van der Waals surface area contributed by atoms with Crippen LogP contribution in [0.15, 0.2) is 18.2 Å². The van der Waals surface area contributed by atoms with Crippen molar-refractivity contribution in [1.29, 1.82) is 5.41 Å². The molecule has 10 nitrogen and oxygen atoms in total. The van der Waals surface area contributed by atoms with E-state index >= 15 is 4.39 Å². The van der Waals surface area contributed by atoms with E-state index in [0.29, 0.717) is 43.0 Å². The Balaban J connectivity index is 1.17. The number of ether oxygens (including phenoxy) is 1. The molecule has 39 heavy (non-hydrogen) atoms. The number of amides is 3. The number of piperidine rings is 2. The first-order chi connectivity index (χ1) is 18.5. The summed E-state index contributed by atoms with van der Waals surface area (Å²) in [5.74, 6) is -0.872. The SMILES string of the molecule is CC(C)(C)OC(=O)NC1CCN(C(=N)CCN2CCN(c3ccc(C4CCC(=O)NC4=O)cc3F)CC2)CC1. The molecule has 1 aromatic carbocycles. The second kappa shape index (κ2) is 12.3. The predicted octanol–water partition coefficient (Wildman–Crippen LogP) is 2.82. The van der Waals surface area contributed by atoms with Gasteiger partial charge in [-0.25, -0.2) is 9.18 Å². The third-order valence-corrected chi connectivity index (χ3v) is 7.59. The fourth-order valence-electron chi connectivity index (χ4n) is 5.41. The zero-order valence-corrected chi connectivity index (χ0v) is 23.2. The molecule has 1 unspecified atom stereocenters. The Bertz CT molecular complexity index is 1070. The van der Waals surface area contributed by atoms with Crippen molar-refractivity contribution in [2.45, 2.75) is 70.4 Å². The molecule has 3 amide bonds. The molecule has 214 valence electrons. The molecule has 1 aromatic rings. The molecular weight excluding hydrogens is 503 g/mol. The molecule has 0 saturated carbocycles. The van der Waals surface area contributed by atoms with Gasteiger partial charge < -0.3 is 19.9 Å². The van der Waals surface area contributed by atoms with Gasteiger partial charge in [0.1, 0.15) is 11.4 Å². The van der Waals surface area contributed by atoms with E-state index in [4.69, 9.17) is 10.1 Å². The average Bonchev–Trinajstić information content (AvgIpc) is 2.87. The van der Waals surface area contributed by atoms with Gasteiger partial charge in [-0.05, 0) is 57.7 Å². The Labute approximate surface area is 229 Å². The Morgan fingerprint density at radius 1 is 1.10 bits per heavy atom. The fourth-order valence-corrected chi connectivity index (χ4v) is 5.41. The van der Waals surface area contributed by atoms with E-state index in [1.807, 2.05) is 25.7 Å². The number of carbonyl (C=O) groups excluding carboxylic acids is 3. The summed E-state index contributed by atoms with van der Waals surface area (Å²) in [4.78, 5) is 42.0. The van der Waals surface area contributed by atoms with Gasteiger partial charge in [-0.1, -0.05) is 6.07 Å². The lowest BCUT2D eigenvalue weighted by Crippen LogP contribution is -2.49. The summed E-state index contributed by atoms with van der Waals surface area (Å²) in [5, 5.41) is 13.8. The van der Waals surface area contributed by atoms with Gasteiger partial charge in [0.25, 0.3) is 0 Å². The van der Waals surface area contributed by atoms with E-state index < -0.39 is 11.5 Å². The number of likely N-dealkylation sites (tertiary alicyclic amines) is 1. The monoisotopic (exact) mass is 544 g/mol. The summed E-state index contributed by atoms with van der Waals surface area (Å²) in [5.41, 5.74) is 0.610. The number of carbonyl (C=O) groups is 3. The normalized spacial score (nSPS) is 21.5. The van der Waals surface area contributed by atoms with Crippen molar-refractivity contribution in [2.75, 3.05) is 50.7 Å². The number of imide groups is 1. The van der Waals surface area contributed by atoms with Crippen molar-refractivity contribution < 1.29 is 23.5 Å². The molecule has 3 saturated heterocycles. The number of nitrogens with one attached hydrogen (secondary N) is 3. The van der Waals surface area contributed by atoms with Crippen molar-refractivity contribution in [1.82, 2.24) is 20.4 Å². The van der Waals surface area contributed by atoms with Crippen LogP contribution in [0.25, 0.3) is 0 Å². The summed E-state index contributed by atoms with van der Waals surface area (Å²) in [6.07, 6.45) is 2.50. The van der Waals surface area contributed by atoms with Gasteiger partial charge in [-0.2, -0.15) is 0 Å². The fraction of sp³-hybridized carbons (Fsp3) is 0.643. The molecule has 1 atom stereocenters. The van der Waals surface area contributed by atoms with Crippen LogP contribution in [0.4, 0.5) is 14.9 Å². The maximum atomic E-state index is 15.0. The van der Waals surface area contributed by atoms with Gasteiger partial charge in [0, 0.05) is 64.7 Å². The summed E-state index contributed by atoms with van der Waals surface area (Å²) >= 11 is 0. The maximum Gasteiger partial charge on any atom is 0.407 e. The molecule has 0 radical (unpaired) electrons. The summed E-state index contributed by atoms with van der Waals surface area (Å²) < 4.78 is 20.3. The zero-order valence-electron chi connectivity index (χ0n) is 23.2. The van der Waals surface area contributed by atoms with Gasteiger partial charge in [0.15, 0.2) is 0 Å². The highest BCUT2D eigenvalue weighted by Crippen LogP contribution is 2.29. The van der Waals surface area contributed by atoms with Gasteiger partial charge in [-0.3, -0.25) is 25.2 Å². The molecule has 3 heterocycles. The third-order valence-electron chi connectivity index (χ3n) is 7.59. The first-order valence-corrected chi connectivity index (χ1v) is 13.9. The smallest absolute Gasteiger partial charge is 0.407 e. The number of anilines is 1. The molecule has 0 spiro atoms. The van der Waals surface area contributed by atoms with Gasteiger partial charge in [0.2, 0.25) is 11.8 Å². The largest absolute Gasteiger partial charge is 0.444 e. The highest BCUT2D eigenvalue weighted by atomic mass is 19.1. The molecule has 0 aliphatic carbocycles. The van der Waals surface area contributed by atoms with Crippen LogP contribution in [-0.2, 0) is 14.3 Å². The first-order valence-electron chi connectivity index (χ1n) is 13.9. The van der Waals surface area contributed by atoms with E-state index in [1.165, 1.54) is 6.07 Å². The van der Waals surface area contributed by atoms with Crippen LogP contribution in [0, 0.1) is 11.2 Å². The standard InChI is InChI=1S/C28H41FN6O4/c1-28(2,3)39-27(38)31-20-8-12-35(13-9-20)24(30)10-11-33-14-16-34(17-15-33)23-6-4-19(18-22(23)29)21-5-7-25(36)32-26(21)37/h4,6,18,20-21,30H,5,7-17H2,1-3H3,(H,31,38)(H,32,36,37). The van der Waals surface area contributed by atoms with Gasteiger partial charge >= 0.3 is 6.09 Å². The maximum absolute atomic E-state index is 15.0. The minimum atomic E-state index is -0.519. The first kappa shape index (κ1) is 28.8. The second-order valence-corrected chi connectivity index (χ2v) is 11.6. The Hall–Kier alpha value is -3.21. The molecule has 11 heteroatoms. The van der Waals surface area contributed by atoms with Crippen LogP contribution in [0.1, 0.15) is 64.4 Å².